The zero-order chi connectivity index (χ0) is 14.7. The number of hydrogen-bond acceptors (Lipinski definition) is 5. The van der Waals surface area contributed by atoms with E-state index in [-0.39, 0.29) is 17.8 Å². The zero-order valence-electron chi connectivity index (χ0n) is 12.3. The van der Waals surface area contributed by atoms with Crippen LogP contribution in [-0.4, -0.2) is 36.9 Å². The number of aromatic nitrogens is 2. The summed E-state index contributed by atoms with van der Waals surface area (Å²) in [7, 11) is 1.70. The van der Waals surface area contributed by atoms with Crippen molar-refractivity contribution in [2.75, 3.05) is 26.8 Å². The van der Waals surface area contributed by atoms with Crippen LogP contribution in [0.15, 0.2) is 28.8 Å². The second-order valence-corrected chi connectivity index (χ2v) is 5.77. The van der Waals surface area contributed by atoms with Crippen molar-refractivity contribution in [3.05, 3.63) is 35.2 Å². The molecule has 7 heteroatoms. The van der Waals surface area contributed by atoms with Gasteiger partial charge in [-0.2, -0.15) is 4.98 Å². The lowest BCUT2D eigenvalue weighted by atomic mass is 9.79. The van der Waals surface area contributed by atoms with E-state index < -0.39 is 0 Å². The first-order valence-corrected chi connectivity index (χ1v) is 7.42. The van der Waals surface area contributed by atoms with E-state index in [1.54, 1.807) is 7.11 Å². The summed E-state index contributed by atoms with van der Waals surface area (Å²) in [5, 5.41) is 8.07. The molecule has 0 atom stereocenters. The summed E-state index contributed by atoms with van der Waals surface area (Å²) in [5.41, 5.74) is 0.586. The number of hydrogen-bond donors (Lipinski definition) is 1. The van der Waals surface area contributed by atoms with Gasteiger partial charge in [0.25, 0.3) is 0 Å². The van der Waals surface area contributed by atoms with Gasteiger partial charge >= 0.3 is 0 Å². The van der Waals surface area contributed by atoms with Crippen LogP contribution in [0.3, 0.4) is 0 Å². The van der Waals surface area contributed by atoms with Crippen molar-refractivity contribution in [2.45, 2.75) is 18.3 Å². The number of piperidine rings is 1. The van der Waals surface area contributed by atoms with Gasteiger partial charge in [-0.3, -0.25) is 0 Å². The topological polar surface area (TPSA) is 60.2 Å². The van der Waals surface area contributed by atoms with E-state index in [0.29, 0.717) is 23.3 Å². The van der Waals surface area contributed by atoms with Crippen molar-refractivity contribution >= 4 is 24.0 Å². The Balaban J connectivity index is 0.00000176. The Kier molecular flexibility index (Phi) is 5.81. The Bertz CT molecular complexity index is 607. The molecule has 1 aliphatic rings. The average Bonchev–Trinajstić information content (AvgIpc) is 2.99. The molecule has 0 amide bonds. The number of nitrogens with zero attached hydrogens (tertiary/aromatic N) is 2. The van der Waals surface area contributed by atoms with E-state index in [9.17, 15) is 0 Å². The summed E-state index contributed by atoms with van der Waals surface area (Å²) in [6, 6.07) is 7.50. The van der Waals surface area contributed by atoms with Crippen LogP contribution >= 0.6 is 24.0 Å². The molecule has 0 bridgehead atoms. The molecule has 2 heterocycles. The Labute approximate surface area is 140 Å². The van der Waals surface area contributed by atoms with Gasteiger partial charge in [-0.1, -0.05) is 28.9 Å². The zero-order valence-corrected chi connectivity index (χ0v) is 13.9. The molecule has 2 aromatic rings. The first kappa shape index (κ1) is 17.2. The fourth-order valence-corrected chi connectivity index (χ4v) is 3.01. The van der Waals surface area contributed by atoms with Crippen LogP contribution < -0.4 is 5.32 Å². The van der Waals surface area contributed by atoms with Gasteiger partial charge < -0.3 is 14.6 Å². The molecule has 1 aromatic carbocycles. The first-order valence-electron chi connectivity index (χ1n) is 7.04. The summed E-state index contributed by atoms with van der Waals surface area (Å²) in [6.45, 7) is 2.43. The predicted octanol–water partition coefficient (Wildman–Crippen LogP) is 3.08. The second kappa shape index (κ2) is 7.42. The third-order valence-corrected chi connectivity index (χ3v) is 4.31. The van der Waals surface area contributed by atoms with Crippen LogP contribution in [0.5, 0.6) is 0 Å². The molecule has 0 saturated carbocycles. The SMILES string of the molecule is COCC1(c2nc(-c3ccccc3Cl)no2)CCNCC1.Cl. The van der Waals surface area contributed by atoms with Gasteiger partial charge in [0.05, 0.1) is 17.0 Å². The maximum absolute atomic E-state index is 6.19. The maximum atomic E-state index is 6.19. The molecule has 120 valence electrons. The molecular formula is C15H19Cl2N3O2. The van der Waals surface area contributed by atoms with Gasteiger partial charge in [-0.15, -0.1) is 12.4 Å². The highest BCUT2D eigenvalue weighted by Gasteiger charge is 2.39. The summed E-state index contributed by atoms with van der Waals surface area (Å²) >= 11 is 6.19. The van der Waals surface area contributed by atoms with E-state index in [4.69, 9.17) is 20.9 Å². The number of benzene rings is 1. The molecule has 0 unspecified atom stereocenters. The number of ether oxygens (including phenoxy) is 1. The quantitative estimate of drug-likeness (QED) is 0.924. The summed E-state index contributed by atoms with van der Waals surface area (Å²) in [4.78, 5) is 4.59. The molecule has 3 rings (SSSR count). The van der Waals surface area contributed by atoms with E-state index in [2.05, 4.69) is 15.5 Å². The van der Waals surface area contributed by atoms with Crippen LogP contribution in [0.1, 0.15) is 18.7 Å². The molecule has 1 aliphatic heterocycles. The summed E-state index contributed by atoms with van der Waals surface area (Å²) < 4.78 is 10.9. The smallest absolute Gasteiger partial charge is 0.235 e. The highest BCUT2D eigenvalue weighted by molar-refractivity contribution is 6.33. The molecule has 0 spiro atoms. The second-order valence-electron chi connectivity index (χ2n) is 5.37. The Hall–Kier alpha value is -1.14. The van der Waals surface area contributed by atoms with Crippen molar-refractivity contribution < 1.29 is 9.26 Å². The molecule has 5 nitrogen and oxygen atoms in total. The van der Waals surface area contributed by atoms with Crippen LogP contribution in [0.25, 0.3) is 11.4 Å². The van der Waals surface area contributed by atoms with Gasteiger partial charge in [-0.25, -0.2) is 0 Å². The summed E-state index contributed by atoms with van der Waals surface area (Å²) in [6.07, 6.45) is 1.84. The molecule has 1 aromatic heterocycles. The molecule has 0 aliphatic carbocycles. The van der Waals surface area contributed by atoms with Crippen LogP contribution in [0, 0.1) is 0 Å². The molecule has 1 fully saturated rings. The normalized spacial score (nSPS) is 17.0. The highest BCUT2D eigenvalue weighted by Crippen LogP contribution is 2.34. The van der Waals surface area contributed by atoms with Crippen LogP contribution in [0.2, 0.25) is 5.02 Å². The molecular weight excluding hydrogens is 325 g/mol. The number of nitrogens with one attached hydrogen (secondary N) is 1. The minimum atomic E-state index is -0.202. The summed E-state index contributed by atoms with van der Waals surface area (Å²) in [5.74, 6) is 1.17. The van der Waals surface area contributed by atoms with Crippen molar-refractivity contribution in [1.82, 2.24) is 15.5 Å². The van der Waals surface area contributed by atoms with E-state index in [0.717, 1.165) is 31.5 Å². The van der Waals surface area contributed by atoms with E-state index >= 15 is 0 Å². The Morgan fingerprint density at radius 1 is 1.32 bits per heavy atom. The third kappa shape index (κ3) is 3.27. The number of halogens is 2. The number of rotatable bonds is 4. The van der Waals surface area contributed by atoms with Crippen molar-refractivity contribution in [3.8, 4) is 11.4 Å². The molecule has 22 heavy (non-hydrogen) atoms. The van der Waals surface area contributed by atoms with Crippen LogP contribution in [0.4, 0.5) is 0 Å². The minimum absolute atomic E-state index is 0. The fraction of sp³-hybridized carbons (Fsp3) is 0.467. The third-order valence-electron chi connectivity index (χ3n) is 3.98. The molecule has 0 radical (unpaired) electrons. The standard InChI is InChI=1S/C15H18ClN3O2.ClH/c1-20-10-15(6-8-17-9-7-15)14-18-13(19-21-14)11-4-2-3-5-12(11)16;/h2-5,17H,6-10H2,1H3;1H. The predicted molar refractivity (Wildman–Crippen MR) is 87.6 cm³/mol. The van der Waals surface area contributed by atoms with E-state index in [1.165, 1.54) is 0 Å². The van der Waals surface area contributed by atoms with Crippen molar-refractivity contribution in [3.63, 3.8) is 0 Å². The fourth-order valence-electron chi connectivity index (χ4n) is 2.79. The van der Waals surface area contributed by atoms with Crippen LogP contribution in [-0.2, 0) is 10.2 Å². The van der Waals surface area contributed by atoms with Gasteiger partial charge in [0.1, 0.15) is 0 Å². The van der Waals surface area contributed by atoms with E-state index in [1.807, 2.05) is 24.3 Å². The monoisotopic (exact) mass is 343 g/mol. The Morgan fingerprint density at radius 3 is 2.73 bits per heavy atom. The lowest BCUT2D eigenvalue weighted by Gasteiger charge is -2.33. The van der Waals surface area contributed by atoms with Gasteiger partial charge in [0.15, 0.2) is 0 Å². The van der Waals surface area contributed by atoms with Crippen molar-refractivity contribution in [2.24, 2.45) is 0 Å². The van der Waals surface area contributed by atoms with Gasteiger partial charge in [-0.05, 0) is 38.1 Å². The first-order chi connectivity index (χ1) is 10.2. The maximum Gasteiger partial charge on any atom is 0.235 e. The van der Waals surface area contributed by atoms with Gasteiger partial charge in [0, 0.05) is 12.7 Å². The lowest BCUT2D eigenvalue weighted by Crippen LogP contribution is -2.43. The molecule has 1 saturated heterocycles. The minimum Gasteiger partial charge on any atom is -0.384 e. The van der Waals surface area contributed by atoms with Gasteiger partial charge in [0.2, 0.25) is 11.7 Å². The highest BCUT2D eigenvalue weighted by atomic mass is 35.5. The lowest BCUT2D eigenvalue weighted by molar-refractivity contribution is 0.0850. The largest absolute Gasteiger partial charge is 0.384 e. The molecule has 1 N–H and O–H groups in total. The average molecular weight is 344 g/mol. The van der Waals surface area contributed by atoms with Crippen molar-refractivity contribution in [1.29, 1.82) is 0 Å². The number of methoxy groups -OCH3 is 1. The Morgan fingerprint density at radius 2 is 2.05 bits per heavy atom.